The Bertz CT molecular complexity index is 449. The largest absolute Gasteiger partial charge is 0.481 e. The molecule has 0 aromatic heterocycles. The van der Waals surface area contributed by atoms with Gasteiger partial charge in [-0.25, -0.2) is 0 Å². The average Bonchev–Trinajstić information content (AvgIpc) is 2.26. The van der Waals surface area contributed by atoms with Crippen LogP contribution >= 0.6 is 34.8 Å². The molecule has 0 heterocycles. The van der Waals surface area contributed by atoms with Gasteiger partial charge in [0.1, 0.15) is 0 Å². The summed E-state index contributed by atoms with van der Waals surface area (Å²) in [5, 5.41) is 9.85. The fraction of sp³-hybridized carbons (Fsp3) is 0.364. The molecule has 0 bridgehead atoms. The molecule has 1 atom stereocenters. The Labute approximate surface area is 114 Å². The van der Waals surface area contributed by atoms with Gasteiger partial charge in [-0.05, 0) is 24.5 Å². The molecular formula is C11H12Cl3NO2. The van der Waals surface area contributed by atoms with Gasteiger partial charge in [0, 0.05) is 5.02 Å². The summed E-state index contributed by atoms with van der Waals surface area (Å²) in [5.41, 5.74) is 6.44. The number of nitrogen functional groups attached to an aromatic ring is 1. The standard InChI is InChI=1S/C11H12Cl3NO2/c1-2-5(11(16)17)3-6-7(12)4-8(13)10(15)9(6)14/h4-5H,2-3,15H2,1H3,(H,16,17). The highest BCUT2D eigenvalue weighted by molar-refractivity contribution is 6.42. The molecule has 6 heteroatoms. The Kier molecular flexibility index (Phi) is 4.92. The lowest BCUT2D eigenvalue weighted by Crippen LogP contribution is -2.16. The van der Waals surface area contributed by atoms with E-state index in [0.717, 1.165) is 0 Å². The highest BCUT2D eigenvalue weighted by Crippen LogP contribution is 2.37. The maximum absolute atomic E-state index is 11.0. The Hall–Kier alpha value is -0.640. The third kappa shape index (κ3) is 3.18. The molecule has 17 heavy (non-hydrogen) atoms. The number of hydrogen-bond donors (Lipinski definition) is 2. The van der Waals surface area contributed by atoms with Gasteiger partial charge in [-0.2, -0.15) is 0 Å². The van der Waals surface area contributed by atoms with Crippen molar-refractivity contribution in [3.05, 3.63) is 26.7 Å². The Morgan fingerprint density at radius 2 is 2.00 bits per heavy atom. The van der Waals surface area contributed by atoms with Crippen molar-refractivity contribution in [3.8, 4) is 0 Å². The molecule has 0 spiro atoms. The number of hydrogen-bond acceptors (Lipinski definition) is 2. The summed E-state index contributed by atoms with van der Waals surface area (Å²) >= 11 is 17.8. The second kappa shape index (κ2) is 5.80. The van der Waals surface area contributed by atoms with Crippen LogP contribution in [0.4, 0.5) is 5.69 Å². The summed E-state index contributed by atoms with van der Waals surface area (Å²) in [4.78, 5) is 11.0. The minimum atomic E-state index is -0.881. The molecule has 3 nitrogen and oxygen atoms in total. The number of benzene rings is 1. The van der Waals surface area contributed by atoms with Crippen molar-refractivity contribution < 1.29 is 9.90 Å². The fourth-order valence-electron chi connectivity index (χ4n) is 1.49. The molecule has 1 aromatic carbocycles. The van der Waals surface area contributed by atoms with Crippen LogP contribution in [0.5, 0.6) is 0 Å². The van der Waals surface area contributed by atoms with Crippen molar-refractivity contribution in [3.63, 3.8) is 0 Å². The first-order chi connectivity index (χ1) is 7.88. The lowest BCUT2D eigenvalue weighted by Gasteiger charge is -2.14. The summed E-state index contributed by atoms with van der Waals surface area (Å²) in [5.74, 6) is -1.42. The molecule has 0 fully saturated rings. The van der Waals surface area contributed by atoms with Gasteiger partial charge in [0.05, 0.1) is 21.7 Å². The van der Waals surface area contributed by atoms with Crippen molar-refractivity contribution in [1.29, 1.82) is 0 Å². The topological polar surface area (TPSA) is 63.3 Å². The third-order valence-electron chi connectivity index (χ3n) is 2.59. The van der Waals surface area contributed by atoms with Crippen molar-refractivity contribution in [2.45, 2.75) is 19.8 Å². The zero-order valence-corrected chi connectivity index (χ0v) is 11.4. The first-order valence-electron chi connectivity index (χ1n) is 5.03. The van der Waals surface area contributed by atoms with Gasteiger partial charge in [0.15, 0.2) is 0 Å². The van der Waals surface area contributed by atoms with Gasteiger partial charge in [-0.3, -0.25) is 4.79 Å². The third-order valence-corrected chi connectivity index (χ3v) is 3.67. The predicted molar refractivity (Wildman–Crippen MR) is 71.0 cm³/mol. The predicted octanol–water partition coefficient (Wildman–Crippen LogP) is 3.88. The number of halogens is 3. The van der Waals surface area contributed by atoms with E-state index in [1.165, 1.54) is 6.07 Å². The second-order valence-corrected chi connectivity index (χ2v) is 4.89. The molecule has 3 N–H and O–H groups in total. The molecule has 94 valence electrons. The molecular weight excluding hydrogens is 284 g/mol. The van der Waals surface area contributed by atoms with E-state index in [2.05, 4.69) is 0 Å². The van der Waals surface area contributed by atoms with Crippen molar-refractivity contribution >= 4 is 46.5 Å². The average molecular weight is 297 g/mol. The molecule has 0 aliphatic carbocycles. The van der Waals surface area contributed by atoms with Gasteiger partial charge in [0.2, 0.25) is 0 Å². The van der Waals surface area contributed by atoms with E-state index in [1.54, 1.807) is 6.92 Å². The molecule has 1 rings (SSSR count). The first kappa shape index (κ1) is 14.4. The highest BCUT2D eigenvalue weighted by Gasteiger charge is 2.21. The normalized spacial score (nSPS) is 12.5. The van der Waals surface area contributed by atoms with E-state index in [1.807, 2.05) is 0 Å². The van der Waals surface area contributed by atoms with Crippen molar-refractivity contribution in [1.82, 2.24) is 0 Å². The first-order valence-corrected chi connectivity index (χ1v) is 6.16. The number of carbonyl (C=O) groups is 1. The smallest absolute Gasteiger partial charge is 0.306 e. The van der Waals surface area contributed by atoms with Gasteiger partial charge < -0.3 is 10.8 Å². The number of nitrogens with two attached hydrogens (primary N) is 1. The Balaban J connectivity index is 3.14. The van der Waals surface area contributed by atoms with E-state index in [9.17, 15) is 4.79 Å². The monoisotopic (exact) mass is 295 g/mol. The number of anilines is 1. The van der Waals surface area contributed by atoms with Crippen LogP contribution in [0.3, 0.4) is 0 Å². The molecule has 1 unspecified atom stereocenters. The van der Waals surface area contributed by atoms with E-state index < -0.39 is 11.9 Å². The van der Waals surface area contributed by atoms with Gasteiger partial charge in [-0.1, -0.05) is 41.7 Å². The van der Waals surface area contributed by atoms with Crippen LogP contribution in [0.15, 0.2) is 6.07 Å². The summed E-state index contributed by atoms with van der Waals surface area (Å²) in [7, 11) is 0. The second-order valence-electron chi connectivity index (χ2n) is 3.69. The quantitative estimate of drug-likeness (QED) is 0.829. The number of carboxylic acids is 1. The number of carboxylic acid groups (broad SMARTS) is 1. The van der Waals surface area contributed by atoms with E-state index >= 15 is 0 Å². The van der Waals surface area contributed by atoms with E-state index in [4.69, 9.17) is 45.6 Å². The van der Waals surface area contributed by atoms with Crippen LogP contribution in [0.2, 0.25) is 15.1 Å². The van der Waals surface area contributed by atoms with Crippen LogP contribution in [0.1, 0.15) is 18.9 Å². The zero-order chi connectivity index (χ0) is 13.2. The van der Waals surface area contributed by atoms with Gasteiger partial charge in [-0.15, -0.1) is 0 Å². The lowest BCUT2D eigenvalue weighted by atomic mass is 9.96. The van der Waals surface area contributed by atoms with Gasteiger partial charge >= 0.3 is 5.97 Å². The van der Waals surface area contributed by atoms with Crippen LogP contribution in [-0.4, -0.2) is 11.1 Å². The summed E-state index contributed by atoms with van der Waals surface area (Å²) in [6, 6.07) is 1.48. The Morgan fingerprint density at radius 3 is 2.47 bits per heavy atom. The summed E-state index contributed by atoms with van der Waals surface area (Å²) in [6.45, 7) is 1.79. The van der Waals surface area contributed by atoms with Crippen LogP contribution in [0.25, 0.3) is 0 Å². The number of rotatable bonds is 4. The highest BCUT2D eigenvalue weighted by atomic mass is 35.5. The fourth-order valence-corrected chi connectivity index (χ4v) is 2.41. The SMILES string of the molecule is CCC(Cc1c(Cl)cc(Cl)c(N)c1Cl)C(=O)O. The van der Waals surface area contributed by atoms with Crippen LogP contribution in [0, 0.1) is 5.92 Å². The molecule has 1 aromatic rings. The summed E-state index contributed by atoms with van der Waals surface area (Å²) in [6.07, 6.45) is 0.732. The molecule has 0 amide bonds. The zero-order valence-electron chi connectivity index (χ0n) is 9.14. The number of aliphatic carboxylic acids is 1. The molecule has 0 aliphatic rings. The van der Waals surface area contributed by atoms with Crippen molar-refractivity contribution in [2.24, 2.45) is 5.92 Å². The molecule has 0 radical (unpaired) electrons. The molecule has 0 saturated carbocycles. The van der Waals surface area contributed by atoms with E-state index in [-0.39, 0.29) is 22.2 Å². The van der Waals surface area contributed by atoms with Crippen LogP contribution in [-0.2, 0) is 11.2 Å². The molecule has 0 aliphatic heterocycles. The minimum absolute atomic E-state index is 0.230. The van der Waals surface area contributed by atoms with Crippen molar-refractivity contribution in [2.75, 3.05) is 5.73 Å². The maximum atomic E-state index is 11.0. The lowest BCUT2D eigenvalue weighted by molar-refractivity contribution is -0.141. The van der Waals surface area contributed by atoms with Gasteiger partial charge in [0.25, 0.3) is 0 Å². The van der Waals surface area contributed by atoms with Crippen LogP contribution < -0.4 is 5.73 Å². The van der Waals surface area contributed by atoms with E-state index in [0.29, 0.717) is 17.0 Å². The minimum Gasteiger partial charge on any atom is -0.481 e. The summed E-state index contributed by atoms with van der Waals surface area (Å²) < 4.78 is 0. The maximum Gasteiger partial charge on any atom is 0.306 e. The Morgan fingerprint density at radius 1 is 1.41 bits per heavy atom. The molecule has 0 saturated heterocycles.